The Hall–Kier alpha value is -2.17. The summed E-state index contributed by atoms with van der Waals surface area (Å²) in [5.74, 6) is 2.36. The van der Waals surface area contributed by atoms with Gasteiger partial charge in [0.25, 0.3) is 0 Å². The van der Waals surface area contributed by atoms with Crippen molar-refractivity contribution in [3.05, 3.63) is 24.3 Å². The Morgan fingerprint density at radius 2 is 1.94 bits per heavy atom. The van der Waals surface area contributed by atoms with Gasteiger partial charge in [-0.25, -0.2) is 0 Å². The standard InChI is InChI=1S/C13H17N3O2/c1-14-13-8-11(16(2)15-13)10-6-5-9(17-3)7-12(10)18-4/h5-8H,1-4H3,(H,14,15). The first-order valence-electron chi connectivity index (χ1n) is 5.63. The van der Waals surface area contributed by atoms with Crippen molar-refractivity contribution in [1.82, 2.24) is 9.78 Å². The van der Waals surface area contributed by atoms with E-state index in [2.05, 4.69) is 10.4 Å². The van der Waals surface area contributed by atoms with E-state index in [0.717, 1.165) is 28.6 Å². The van der Waals surface area contributed by atoms with Crippen molar-refractivity contribution in [1.29, 1.82) is 0 Å². The average molecular weight is 247 g/mol. The molecule has 2 rings (SSSR count). The first-order valence-corrected chi connectivity index (χ1v) is 5.63. The Morgan fingerprint density at radius 3 is 2.50 bits per heavy atom. The van der Waals surface area contributed by atoms with Crippen molar-refractivity contribution in [3.63, 3.8) is 0 Å². The Morgan fingerprint density at radius 1 is 1.17 bits per heavy atom. The highest BCUT2D eigenvalue weighted by atomic mass is 16.5. The number of nitrogens with zero attached hydrogens (tertiary/aromatic N) is 2. The number of aromatic nitrogens is 2. The molecule has 0 amide bonds. The van der Waals surface area contributed by atoms with Gasteiger partial charge in [0.15, 0.2) is 0 Å². The first-order chi connectivity index (χ1) is 8.69. The van der Waals surface area contributed by atoms with Crippen molar-refractivity contribution < 1.29 is 9.47 Å². The summed E-state index contributed by atoms with van der Waals surface area (Å²) in [6.45, 7) is 0. The maximum Gasteiger partial charge on any atom is 0.148 e. The molecule has 1 aromatic heterocycles. The molecule has 0 radical (unpaired) electrons. The van der Waals surface area contributed by atoms with E-state index in [1.807, 2.05) is 43.0 Å². The van der Waals surface area contributed by atoms with E-state index in [0.29, 0.717) is 0 Å². The maximum atomic E-state index is 5.40. The van der Waals surface area contributed by atoms with Crippen LogP contribution in [0.25, 0.3) is 11.3 Å². The third-order valence-corrected chi connectivity index (χ3v) is 2.82. The van der Waals surface area contributed by atoms with Crippen molar-refractivity contribution in [2.45, 2.75) is 0 Å². The largest absolute Gasteiger partial charge is 0.497 e. The fourth-order valence-electron chi connectivity index (χ4n) is 1.85. The van der Waals surface area contributed by atoms with Crippen LogP contribution in [0, 0.1) is 0 Å². The second-order valence-electron chi connectivity index (χ2n) is 3.85. The molecule has 96 valence electrons. The predicted molar refractivity (Wildman–Crippen MR) is 71.3 cm³/mol. The second-order valence-corrected chi connectivity index (χ2v) is 3.85. The molecule has 0 spiro atoms. The fraction of sp³-hybridized carbons (Fsp3) is 0.308. The minimum Gasteiger partial charge on any atom is -0.497 e. The van der Waals surface area contributed by atoms with Crippen LogP contribution in [-0.4, -0.2) is 31.0 Å². The van der Waals surface area contributed by atoms with Crippen LogP contribution < -0.4 is 14.8 Å². The molecule has 0 saturated heterocycles. The normalized spacial score (nSPS) is 10.2. The molecule has 1 aromatic carbocycles. The summed E-state index contributed by atoms with van der Waals surface area (Å²) in [5.41, 5.74) is 1.97. The van der Waals surface area contributed by atoms with Crippen molar-refractivity contribution in [2.75, 3.05) is 26.6 Å². The molecule has 0 unspecified atom stereocenters. The number of methoxy groups -OCH3 is 2. The van der Waals surface area contributed by atoms with Gasteiger partial charge in [0.1, 0.15) is 17.3 Å². The van der Waals surface area contributed by atoms with Crippen LogP contribution in [0.3, 0.4) is 0 Å². The first kappa shape index (κ1) is 12.3. The molecular formula is C13H17N3O2. The lowest BCUT2D eigenvalue weighted by molar-refractivity contribution is 0.395. The zero-order chi connectivity index (χ0) is 13.1. The summed E-state index contributed by atoms with van der Waals surface area (Å²) in [6, 6.07) is 7.71. The molecule has 1 N–H and O–H groups in total. The van der Waals surface area contributed by atoms with Crippen molar-refractivity contribution >= 4 is 5.82 Å². The van der Waals surface area contributed by atoms with Gasteiger partial charge in [0.05, 0.1) is 19.9 Å². The van der Waals surface area contributed by atoms with Gasteiger partial charge < -0.3 is 14.8 Å². The molecule has 0 saturated carbocycles. The lowest BCUT2D eigenvalue weighted by atomic mass is 10.1. The van der Waals surface area contributed by atoms with E-state index in [1.165, 1.54) is 0 Å². The van der Waals surface area contributed by atoms with Crippen LogP contribution in [0.4, 0.5) is 5.82 Å². The van der Waals surface area contributed by atoms with E-state index in [9.17, 15) is 0 Å². The fourth-order valence-corrected chi connectivity index (χ4v) is 1.85. The van der Waals surface area contributed by atoms with E-state index in [-0.39, 0.29) is 0 Å². The van der Waals surface area contributed by atoms with E-state index in [1.54, 1.807) is 14.2 Å². The predicted octanol–water partition coefficient (Wildman–Crippen LogP) is 2.15. The van der Waals surface area contributed by atoms with Crippen molar-refractivity contribution in [2.24, 2.45) is 7.05 Å². The van der Waals surface area contributed by atoms with E-state index < -0.39 is 0 Å². The molecule has 5 heteroatoms. The molecular weight excluding hydrogens is 230 g/mol. The van der Waals surface area contributed by atoms with E-state index >= 15 is 0 Å². The second kappa shape index (κ2) is 5.00. The summed E-state index contributed by atoms with van der Waals surface area (Å²) >= 11 is 0. The molecule has 5 nitrogen and oxygen atoms in total. The molecule has 0 bridgehead atoms. The highest BCUT2D eigenvalue weighted by Gasteiger charge is 2.12. The van der Waals surface area contributed by atoms with Crippen LogP contribution in [0.2, 0.25) is 0 Å². The number of benzene rings is 1. The zero-order valence-corrected chi connectivity index (χ0v) is 11.0. The number of hydrogen-bond acceptors (Lipinski definition) is 4. The Balaban J connectivity index is 2.52. The van der Waals surface area contributed by atoms with E-state index in [4.69, 9.17) is 9.47 Å². The third-order valence-electron chi connectivity index (χ3n) is 2.82. The van der Waals surface area contributed by atoms with Crippen LogP contribution in [0.5, 0.6) is 11.5 Å². The minimum absolute atomic E-state index is 0.764. The zero-order valence-electron chi connectivity index (χ0n) is 11.0. The van der Waals surface area contributed by atoms with Crippen LogP contribution in [-0.2, 0) is 7.05 Å². The smallest absolute Gasteiger partial charge is 0.148 e. The summed E-state index contributed by atoms with van der Waals surface area (Å²) in [4.78, 5) is 0. The Kier molecular flexibility index (Phi) is 3.41. The SMILES string of the molecule is CNc1cc(-c2ccc(OC)cc2OC)n(C)n1. The van der Waals surface area contributed by atoms with Gasteiger partial charge in [0.2, 0.25) is 0 Å². The van der Waals surface area contributed by atoms with Crippen LogP contribution in [0.15, 0.2) is 24.3 Å². The van der Waals surface area contributed by atoms with Crippen molar-refractivity contribution in [3.8, 4) is 22.8 Å². The number of aryl methyl sites for hydroxylation is 1. The monoisotopic (exact) mass is 247 g/mol. The molecule has 0 aliphatic carbocycles. The molecule has 18 heavy (non-hydrogen) atoms. The van der Waals surface area contributed by atoms with Gasteiger partial charge in [-0.2, -0.15) is 5.10 Å². The van der Waals surface area contributed by atoms with Gasteiger partial charge in [-0.15, -0.1) is 0 Å². The van der Waals surface area contributed by atoms with Gasteiger partial charge in [-0.1, -0.05) is 0 Å². The Bertz CT molecular complexity index is 549. The van der Waals surface area contributed by atoms with Crippen LogP contribution in [0.1, 0.15) is 0 Å². The number of anilines is 1. The van der Waals surface area contributed by atoms with Gasteiger partial charge in [0, 0.05) is 31.8 Å². The summed E-state index contributed by atoms with van der Waals surface area (Å²) in [6.07, 6.45) is 0. The van der Waals surface area contributed by atoms with Crippen LogP contribution >= 0.6 is 0 Å². The number of rotatable bonds is 4. The molecule has 0 aliphatic heterocycles. The molecule has 2 aromatic rings. The third kappa shape index (κ3) is 2.11. The number of nitrogens with one attached hydrogen (secondary N) is 1. The number of hydrogen-bond donors (Lipinski definition) is 1. The number of ether oxygens (including phenoxy) is 2. The topological polar surface area (TPSA) is 48.3 Å². The summed E-state index contributed by atoms with van der Waals surface area (Å²) < 4.78 is 12.4. The summed E-state index contributed by atoms with van der Waals surface area (Å²) in [5, 5.41) is 7.36. The molecule has 0 fully saturated rings. The van der Waals surface area contributed by atoms with Gasteiger partial charge in [-0.3, -0.25) is 4.68 Å². The quantitative estimate of drug-likeness (QED) is 0.899. The highest BCUT2D eigenvalue weighted by molar-refractivity contribution is 5.71. The lowest BCUT2D eigenvalue weighted by Gasteiger charge is -2.10. The highest BCUT2D eigenvalue weighted by Crippen LogP contribution is 2.33. The molecule has 0 atom stereocenters. The van der Waals surface area contributed by atoms with Gasteiger partial charge in [-0.05, 0) is 12.1 Å². The average Bonchev–Trinajstić information content (AvgIpc) is 2.79. The maximum absolute atomic E-state index is 5.40. The Labute approximate surface area is 106 Å². The molecule has 1 heterocycles. The lowest BCUT2D eigenvalue weighted by Crippen LogP contribution is -1.97. The molecule has 0 aliphatic rings. The van der Waals surface area contributed by atoms with Gasteiger partial charge >= 0.3 is 0 Å². The minimum atomic E-state index is 0.764. The summed E-state index contributed by atoms with van der Waals surface area (Å²) in [7, 11) is 7.03.